The van der Waals surface area contributed by atoms with E-state index in [4.69, 9.17) is 4.43 Å². The Hall–Kier alpha value is -0.224. The number of unbranched alkanes of at least 4 members (excludes halogenated alkanes) is 4. The molecule has 0 atom stereocenters. The minimum absolute atomic E-state index is 1.18. The Labute approximate surface area is 206 Å². The average molecular weight is 566 g/mol. The number of hydrogen-bond donors (Lipinski definition) is 0. The normalized spacial score (nSPS) is 12.9. The summed E-state index contributed by atoms with van der Waals surface area (Å²) in [6, 6.07) is 14.8. The number of aryl methyl sites for hydroxylation is 1. The van der Waals surface area contributed by atoms with Crippen LogP contribution >= 0.6 is 0 Å². The molecular weight excluding hydrogens is 511 g/mol. The zero-order valence-corrected chi connectivity index (χ0v) is 26.3. The van der Waals surface area contributed by atoms with E-state index in [0.717, 1.165) is 0 Å². The molecule has 0 amide bonds. The van der Waals surface area contributed by atoms with E-state index in [1.54, 1.807) is 3.78 Å². The quantitative estimate of drug-likeness (QED) is 0.0921. The molecule has 0 N–H and O–H groups in total. The Morgan fingerprint density at radius 1 is 0.750 bits per heavy atom. The molecule has 32 heavy (non-hydrogen) atoms. The third kappa shape index (κ3) is 9.95. The Morgan fingerprint density at radius 2 is 1.25 bits per heavy atom. The predicted octanol–water partition coefficient (Wildman–Crippen LogP) is 10.3. The Kier molecular flexibility index (Phi) is 16.1. The number of rotatable bonds is 19. The van der Waals surface area contributed by atoms with Gasteiger partial charge in [-0.1, -0.05) is 0 Å². The van der Waals surface area contributed by atoms with E-state index >= 15 is 0 Å². The molecule has 0 spiro atoms. The van der Waals surface area contributed by atoms with Crippen LogP contribution in [0, 0.1) is 0 Å². The van der Waals surface area contributed by atoms with E-state index in [9.17, 15) is 0 Å². The van der Waals surface area contributed by atoms with Crippen LogP contribution in [-0.2, 0) is 10.8 Å². The van der Waals surface area contributed by atoms with Crippen molar-refractivity contribution in [1.29, 1.82) is 0 Å². The average Bonchev–Trinajstić information content (AvgIpc) is 2.84. The van der Waals surface area contributed by atoms with Gasteiger partial charge in [-0.3, -0.25) is 0 Å². The maximum atomic E-state index is 7.39. The number of allylic oxidation sites excluding steroid dienone is 1. The molecule has 0 saturated carbocycles. The molecule has 3 heteroatoms. The first-order chi connectivity index (χ1) is 15.5. The van der Waals surface area contributed by atoms with Crippen LogP contribution in [0.3, 0.4) is 0 Å². The first-order valence-corrected chi connectivity index (χ1v) is 24.0. The molecule has 1 rings (SSSR count). The summed E-state index contributed by atoms with van der Waals surface area (Å²) in [6.07, 6.45) is 14.5. The van der Waals surface area contributed by atoms with Crippen LogP contribution < -0.4 is 0 Å². The van der Waals surface area contributed by atoms with Crippen molar-refractivity contribution in [2.24, 2.45) is 0 Å². The Bertz CT molecular complexity index is 579. The summed E-state index contributed by atoms with van der Waals surface area (Å²) in [6.45, 7) is 14.3. The van der Waals surface area contributed by atoms with Crippen molar-refractivity contribution >= 4 is 26.7 Å². The van der Waals surface area contributed by atoms with Gasteiger partial charge in [-0.25, -0.2) is 0 Å². The molecule has 1 aromatic rings. The maximum absolute atomic E-state index is 7.39. The fourth-order valence-corrected chi connectivity index (χ4v) is 26.2. The van der Waals surface area contributed by atoms with Crippen molar-refractivity contribution in [1.82, 2.24) is 0 Å². The molecule has 0 aromatic heterocycles. The first kappa shape index (κ1) is 29.8. The second-order valence-corrected chi connectivity index (χ2v) is 27.6. The van der Waals surface area contributed by atoms with Crippen LogP contribution in [0.4, 0.5) is 0 Å². The van der Waals surface area contributed by atoms with Gasteiger partial charge in [0.1, 0.15) is 0 Å². The number of benzene rings is 1. The van der Waals surface area contributed by atoms with Gasteiger partial charge in [-0.15, -0.1) is 0 Å². The predicted molar refractivity (Wildman–Crippen MR) is 151 cm³/mol. The van der Waals surface area contributed by atoms with E-state index in [0.29, 0.717) is 0 Å². The zero-order valence-electron chi connectivity index (χ0n) is 22.5. The van der Waals surface area contributed by atoms with Gasteiger partial charge in [0, 0.05) is 0 Å². The topological polar surface area (TPSA) is 9.23 Å². The molecule has 184 valence electrons. The van der Waals surface area contributed by atoms with E-state index in [1.807, 2.05) is 0 Å². The SMILES string of the molecule is CCC[CH2][Sn]([CH2]CCC)([CH2]CCC)[C](=CCCCc1ccccc1)O[Si](CC)(CC)CC. The van der Waals surface area contributed by atoms with E-state index in [2.05, 4.69) is 78.0 Å². The molecule has 0 saturated heterocycles. The molecule has 0 radical (unpaired) electrons. The van der Waals surface area contributed by atoms with E-state index in [1.165, 1.54) is 94.8 Å². The molecule has 0 aliphatic carbocycles. The first-order valence-electron chi connectivity index (χ1n) is 14.0. The molecule has 1 nitrogen and oxygen atoms in total. The van der Waals surface area contributed by atoms with E-state index in [-0.39, 0.29) is 0 Å². The molecule has 0 aliphatic rings. The molecular formula is C29H54OSiSn. The summed E-state index contributed by atoms with van der Waals surface area (Å²) in [5.74, 6) is 0. The molecule has 0 bridgehead atoms. The Morgan fingerprint density at radius 3 is 1.69 bits per heavy atom. The number of hydrogen-bond acceptors (Lipinski definition) is 1. The second-order valence-electron chi connectivity index (χ2n) is 9.88. The summed E-state index contributed by atoms with van der Waals surface area (Å²) in [5.41, 5.74) is 1.47. The van der Waals surface area contributed by atoms with Gasteiger partial charge in [0.2, 0.25) is 0 Å². The van der Waals surface area contributed by atoms with Crippen LogP contribution in [0.15, 0.2) is 40.2 Å². The second kappa shape index (κ2) is 17.2. The van der Waals surface area contributed by atoms with Crippen LogP contribution in [0.1, 0.15) is 98.5 Å². The van der Waals surface area contributed by atoms with Crippen molar-refractivity contribution in [3.63, 3.8) is 0 Å². The van der Waals surface area contributed by atoms with Gasteiger partial charge >= 0.3 is 208 Å². The molecule has 0 aliphatic heterocycles. The van der Waals surface area contributed by atoms with Crippen molar-refractivity contribution in [2.75, 3.05) is 0 Å². The molecule has 0 heterocycles. The summed E-state index contributed by atoms with van der Waals surface area (Å²) in [4.78, 5) is 0. The van der Waals surface area contributed by atoms with Gasteiger partial charge in [0.05, 0.1) is 0 Å². The summed E-state index contributed by atoms with van der Waals surface area (Å²) in [7, 11) is -1.65. The van der Waals surface area contributed by atoms with Gasteiger partial charge in [-0.2, -0.15) is 0 Å². The molecule has 1 aromatic carbocycles. The van der Waals surface area contributed by atoms with Gasteiger partial charge < -0.3 is 0 Å². The van der Waals surface area contributed by atoms with Crippen molar-refractivity contribution in [3.8, 4) is 0 Å². The van der Waals surface area contributed by atoms with E-state index < -0.39 is 26.7 Å². The fraction of sp³-hybridized carbons (Fsp3) is 0.724. The van der Waals surface area contributed by atoms with Crippen LogP contribution in [0.2, 0.25) is 31.4 Å². The summed E-state index contributed by atoms with van der Waals surface area (Å²) in [5, 5.41) is 0. The van der Waals surface area contributed by atoms with Crippen molar-refractivity contribution in [2.45, 2.75) is 131 Å². The summed E-state index contributed by atoms with van der Waals surface area (Å²) < 4.78 is 13.5. The Balaban J connectivity index is 3.23. The van der Waals surface area contributed by atoms with Gasteiger partial charge in [0.15, 0.2) is 0 Å². The van der Waals surface area contributed by atoms with Crippen LogP contribution in [0.25, 0.3) is 0 Å². The third-order valence-corrected chi connectivity index (χ3v) is 27.8. The van der Waals surface area contributed by atoms with Crippen LogP contribution in [0.5, 0.6) is 0 Å². The third-order valence-electron chi connectivity index (χ3n) is 7.65. The van der Waals surface area contributed by atoms with Crippen molar-refractivity contribution in [3.05, 3.63) is 45.7 Å². The van der Waals surface area contributed by atoms with Gasteiger partial charge in [-0.05, 0) is 0 Å². The monoisotopic (exact) mass is 566 g/mol. The standard InChI is InChI=1S/C17H27OSi.3C4H9.Sn/c1-4-19(5-2,6-3)18-16-12-8-11-15-17-13-9-7-10-14-17;3*1-3-4-2;/h7,9-10,12-14H,4-6,8,11,15H2,1-3H3;3*1,3-4H2,2H3;. The summed E-state index contributed by atoms with van der Waals surface area (Å²) >= 11 is -2.55. The van der Waals surface area contributed by atoms with Gasteiger partial charge in [0.25, 0.3) is 0 Å². The van der Waals surface area contributed by atoms with Crippen molar-refractivity contribution < 1.29 is 4.43 Å². The molecule has 0 unspecified atom stereocenters. The molecule has 0 fully saturated rings. The zero-order chi connectivity index (χ0) is 23.7. The fourth-order valence-electron chi connectivity index (χ4n) is 5.04. The minimum atomic E-state index is -2.55. The van der Waals surface area contributed by atoms with Crippen LogP contribution in [-0.4, -0.2) is 26.7 Å².